The summed E-state index contributed by atoms with van der Waals surface area (Å²) in [5.41, 5.74) is 0.483. The Kier molecular flexibility index (Phi) is 9.40. The van der Waals surface area contributed by atoms with Crippen LogP contribution in [0.15, 0.2) is 48.6 Å². The third-order valence-corrected chi connectivity index (χ3v) is 11.6. The van der Waals surface area contributed by atoms with Crippen LogP contribution in [-0.4, -0.2) is 49.8 Å². The normalized spacial score (nSPS) is 30.5. The molecule has 1 amide bonds. The van der Waals surface area contributed by atoms with Gasteiger partial charge in [-0.15, -0.1) is 0 Å². The van der Waals surface area contributed by atoms with E-state index in [4.69, 9.17) is 16.3 Å². The molecule has 1 fully saturated rings. The number of ether oxygens (including phenoxy) is 1. The van der Waals surface area contributed by atoms with E-state index < -0.39 is 45.0 Å². The van der Waals surface area contributed by atoms with E-state index in [1.165, 1.54) is 25.1 Å². The summed E-state index contributed by atoms with van der Waals surface area (Å²) in [5.74, 6) is -1.64. The van der Waals surface area contributed by atoms with E-state index in [2.05, 4.69) is 4.72 Å². The van der Waals surface area contributed by atoms with Crippen LogP contribution in [-0.2, 0) is 23.1 Å². The van der Waals surface area contributed by atoms with Gasteiger partial charge in [0.2, 0.25) is 10.0 Å². The van der Waals surface area contributed by atoms with Crippen molar-refractivity contribution >= 4 is 33.2 Å². The summed E-state index contributed by atoms with van der Waals surface area (Å²) in [6.45, 7) is 4.34. The lowest BCUT2D eigenvalue weighted by molar-refractivity contribution is -0.136. The standard InChI is InChI=1S/C32H39ClF2N2O5S/c1-20-6-5-14-32(39,31(34)35)27-12-9-24(27)18-37-15-4-3-7-22-16-26(33)11-8-25(22)19-42-29-13-10-23(17-28(29)37)30(38)36-43(40,41)21(20)2/h5,8,10-11,13-14,16-17,20-21,24,27,31,39H,3-4,6-7,9,12,15,18-19H2,1-2H3,(H,36,38)/b14-5+/t20-,21+,24-,27+,32+/m0/s1. The average Bonchev–Trinajstić information content (AvgIpc) is 2.97. The Morgan fingerprint density at radius 3 is 2.63 bits per heavy atom. The average molecular weight is 637 g/mol. The number of allylic oxidation sites excluding steroid dienone is 1. The Balaban J connectivity index is 1.58. The van der Waals surface area contributed by atoms with E-state index in [1.54, 1.807) is 19.1 Å². The van der Waals surface area contributed by atoms with E-state index in [-0.39, 0.29) is 24.5 Å². The van der Waals surface area contributed by atoms with Gasteiger partial charge in [0.15, 0.2) is 0 Å². The highest BCUT2D eigenvalue weighted by Crippen LogP contribution is 2.47. The molecule has 234 valence electrons. The van der Waals surface area contributed by atoms with Crippen LogP contribution >= 0.6 is 11.6 Å². The summed E-state index contributed by atoms with van der Waals surface area (Å²) in [6, 6.07) is 10.5. The first-order valence-corrected chi connectivity index (χ1v) is 16.8. The van der Waals surface area contributed by atoms with Crippen LogP contribution in [0.2, 0.25) is 5.02 Å². The van der Waals surface area contributed by atoms with Gasteiger partial charge < -0.3 is 14.7 Å². The summed E-state index contributed by atoms with van der Waals surface area (Å²) < 4.78 is 63.7. The fourth-order valence-corrected chi connectivity index (χ4v) is 7.85. The van der Waals surface area contributed by atoms with E-state index in [9.17, 15) is 27.1 Å². The molecule has 0 saturated heterocycles. The van der Waals surface area contributed by atoms with Crippen molar-refractivity contribution in [3.8, 4) is 5.75 Å². The number of aliphatic hydroxyl groups is 1. The zero-order chi connectivity index (χ0) is 30.9. The number of hydrogen-bond donors (Lipinski definition) is 2. The maximum atomic E-state index is 14.5. The van der Waals surface area contributed by atoms with Gasteiger partial charge >= 0.3 is 0 Å². The van der Waals surface area contributed by atoms with Crippen LogP contribution in [0.4, 0.5) is 14.5 Å². The van der Waals surface area contributed by atoms with Crippen LogP contribution < -0.4 is 14.4 Å². The number of sulfonamides is 1. The minimum atomic E-state index is -4.09. The zero-order valence-electron chi connectivity index (χ0n) is 24.4. The van der Waals surface area contributed by atoms with E-state index in [1.807, 2.05) is 23.1 Å². The molecule has 0 unspecified atom stereocenters. The van der Waals surface area contributed by atoms with E-state index in [0.717, 1.165) is 30.4 Å². The molecule has 2 aliphatic heterocycles. The van der Waals surface area contributed by atoms with Gasteiger partial charge in [0, 0.05) is 29.6 Å². The summed E-state index contributed by atoms with van der Waals surface area (Å²) in [7, 11) is -4.09. The number of aryl methyl sites for hydroxylation is 1. The van der Waals surface area contributed by atoms with Crippen LogP contribution in [0.5, 0.6) is 5.75 Å². The largest absolute Gasteiger partial charge is 0.487 e. The first kappa shape index (κ1) is 31.7. The van der Waals surface area contributed by atoms with Crippen LogP contribution in [0.25, 0.3) is 0 Å². The molecule has 11 heteroatoms. The highest BCUT2D eigenvalue weighted by Gasteiger charge is 2.51. The fraction of sp³-hybridized carbons (Fsp3) is 0.531. The SMILES string of the molecule is C[C@@H]1[C@@H](C)C/C=C/[C@](O)(C(F)F)[C@@H]2CC[C@H]2CN2CCCCc3cc(Cl)ccc3COc3ccc(cc32)C(=O)NS1(=O)=O. The number of hydrogen-bond acceptors (Lipinski definition) is 6. The van der Waals surface area contributed by atoms with Gasteiger partial charge in [0.25, 0.3) is 12.3 Å². The van der Waals surface area contributed by atoms with Gasteiger partial charge in [0.05, 0.1) is 10.9 Å². The van der Waals surface area contributed by atoms with Crippen molar-refractivity contribution in [3.63, 3.8) is 0 Å². The molecule has 2 aromatic rings. The molecule has 2 N–H and O–H groups in total. The van der Waals surface area contributed by atoms with Gasteiger partial charge in [-0.1, -0.05) is 36.7 Å². The molecule has 7 nitrogen and oxygen atoms in total. The molecular formula is C32H39ClF2N2O5S. The van der Waals surface area contributed by atoms with Gasteiger partial charge in [-0.25, -0.2) is 21.9 Å². The van der Waals surface area contributed by atoms with Gasteiger partial charge in [-0.05, 0) is 98.7 Å². The van der Waals surface area contributed by atoms with Crippen molar-refractivity contribution in [3.05, 3.63) is 70.3 Å². The third-order valence-electron chi connectivity index (χ3n) is 9.47. The number of carbonyl (C=O) groups excluding carboxylic acids is 1. The molecule has 0 spiro atoms. The van der Waals surface area contributed by atoms with Gasteiger partial charge in [0.1, 0.15) is 18.0 Å². The maximum Gasteiger partial charge on any atom is 0.270 e. The van der Waals surface area contributed by atoms with Crippen LogP contribution in [0.3, 0.4) is 0 Å². The molecule has 2 heterocycles. The number of nitrogens with one attached hydrogen (secondary N) is 1. The highest BCUT2D eigenvalue weighted by atomic mass is 35.5. The smallest absolute Gasteiger partial charge is 0.270 e. The summed E-state index contributed by atoms with van der Waals surface area (Å²) in [5, 5.41) is 10.9. The molecule has 5 atom stereocenters. The molecule has 1 aliphatic carbocycles. The van der Waals surface area contributed by atoms with Crippen LogP contribution in [0, 0.1) is 17.8 Å². The lowest BCUT2D eigenvalue weighted by atomic mass is 9.64. The minimum Gasteiger partial charge on any atom is -0.487 e. The number of amides is 1. The second-order valence-corrected chi connectivity index (χ2v) is 14.7. The highest BCUT2D eigenvalue weighted by molar-refractivity contribution is 7.90. The predicted molar refractivity (Wildman–Crippen MR) is 163 cm³/mol. The molecule has 2 aromatic carbocycles. The van der Waals surface area contributed by atoms with E-state index >= 15 is 0 Å². The molecule has 0 aromatic heterocycles. The minimum absolute atomic E-state index is 0.151. The van der Waals surface area contributed by atoms with Crippen molar-refractivity contribution in [2.24, 2.45) is 17.8 Å². The predicted octanol–water partition coefficient (Wildman–Crippen LogP) is 6.13. The second kappa shape index (κ2) is 12.7. The van der Waals surface area contributed by atoms with Crippen LogP contribution in [0.1, 0.15) is 67.4 Å². The number of anilines is 1. The Hall–Kier alpha value is -2.69. The number of halogens is 3. The number of rotatable bonds is 1. The summed E-state index contributed by atoms with van der Waals surface area (Å²) >= 11 is 6.27. The van der Waals surface area contributed by atoms with Gasteiger partial charge in [-0.3, -0.25) is 4.79 Å². The number of alkyl halides is 2. The first-order valence-electron chi connectivity index (χ1n) is 14.9. The molecule has 43 heavy (non-hydrogen) atoms. The summed E-state index contributed by atoms with van der Waals surface area (Å²) in [6.07, 6.45) is 3.29. The molecule has 3 aliphatic rings. The Labute approximate surface area is 257 Å². The van der Waals surface area contributed by atoms with Crippen molar-refractivity contribution < 1.29 is 31.8 Å². The number of nitrogens with zero attached hydrogens (tertiary/aromatic N) is 1. The number of carbonyl (C=O) groups is 1. The van der Waals surface area contributed by atoms with Crippen molar-refractivity contribution in [2.75, 3.05) is 18.0 Å². The second-order valence-electron chi connectivity index (χ2n) is 12.2. The molecule has 0 radical (unpaired) electrons. The third kappa shape index (κ3) is 6.71. The van der Waals surface area contributed by atoms with Gasteiger partial charge in [-0.2, -0.15) is 0 Å². The maximum absolute atomic E-state index is 14.5. The van der Waals surface area contributed by atoms with Crippen molar-refractivity contribution in [2.45, 2.75) is 76.3 Å². The number of fused-ring (bicyclic) bond motifs is 3. The molecule has 2 bridgehead atoms. The Morgan fingerprint density at radius 2 is 1.91 bits per heavy atom. The number of benzene rings is 2. The molecule has 5 rings (SSSR count). The molecular weight excluding hydrogens is 598 g/mol. The Morgan fingerprint density at radius 1 is 1.12 bits per heavy atom. The lowest BCUT2D eigenvalue weighted by Crippen LogP contribution is -2.53. The topological polar surface area (TPSA) is 95.9 Å². The molecule has 1 saturated carbocycles. The van der Waals surface area contributed by atoms with E-state index in [0.29, 0.717) is 42.4 Å². The Bertz CT molecular complexity index is 1490. The van der Waals surface area contributed by atoms with Crippen molar-refractivity contribution in [1.82, 2.24) is 4.72 Å². The fourth-order valence-electron chi connectivity index (χ4n) is 6.37. The summed E-state index contributed by atoms with van der Waals surface area (Å²) in [4.78, 5) is 15.3. The monoisotopic (exact) mass is 636 g/mol. The lowest BCUT2D eigenvalue weighted by Gasteiger charge is -2.47. The first-order chi connectivity index (χ1) is 20.4. The zero-order valence-corrected chi connectivity index (χ0v) is 26.0. The van der Waals surface area contributed by atoms with Crippen molar-refractivity contribution in [1.29, 1.82) is 0 Å². The quantitative estimate of drug-likeness (QED) is 0.366.